The first kappa shape index (κ1) is 76.7. The number of aliphatic carboxylic acids is 4. The molecule has 0 fully saturated rings. The molecule has 8 unspecified atom stereocenters. The quantitative estimate of drug-likeness (QED) is 0.0329. The minimum Gasteiger partial charge on any atom is -0.479 e. The van der Waals surface area contributed by atoms with E-state index in [1.54, 1.807) is 12.1 Å². The Morgan fingerprint density at radius 2 is 0.479 bits per heavy atom. The number of carbonyl (C=O) groups excluding carboxylic acids is 4. The molecule has 8 aromatic rings. The van der Waals surface area contributed by atoms with Gasteiger partial charge in [0.1, 0.15) is 81.3 Å². The zero-order valence-electron chi connectivity index (χ0n) is 49.9. The SMILES string of the molecule is CC(=O)C(c1ccc(Cl)cc1)C(O)(C(=O)O)c1c(F)cc(F)cc1F.CC(=O)C(c1ccc(Cl)cc1)C(O)(C(=O)O)c1c(F)cccc1F.CC(=O)C(c1ccccc1)C(O)(C(=O)O)c1c(F)cc(F)cc1F.CC(=O)C(c1ccccc1)C(O)(C(=O)O)c1c(F)cccc1F. The third-order valence-corrected chi connectivity index (χ3v) is 15.2. The number of carboxylic acids is 4. The molecule has 8 atom stereocenters. The molecular weight excluding hydrogens is 1330 g/mol. The Morgan fingerprint density at radius 3 is 0.667 bits per heavy atom. The molecule has 0 heterocycles. The van der Waals surface area contributed by atoms with Crippen LogP contribution in [-0.2, 0) is 60.8 Å². The fourth-order valence-electron chi connectivity index (χ4n) is 10.7. The summed E-state index contributed by atoms with van der Waals surface area (Å²) < 4.78 is 139. The number of carboxylic acid groups (broad SMARTS) is 4. The molecule has 28 heteroatoms. The zero-order chi connectivity index (χ0) is 72.3. The second kappa shape index (κ2) is 31.5. The standard InChI is InChI=1S/C17H12ClF3O4.C17H13ClF2O4.C17H13F3O4.C17H14F2O4/c1-8(22)14(9-2-4-10(18)5-3-9)17(25,16(23)24)15-12(20)6-11(19)7-13(15)21;1-9(21)14(10-5-7-11(18)8-6-10)17(24,16(22)23)15-12(19)3-2-4-13(15)20;1-9(21)14(10-5-3-2-4-6-10)17(24,16(22)23)15-12(19)7-11(18)8-13(15)20;1-10(20)14(11-6-3-2-4-7-11)17(23,16(21)22)15-12(18)8-5-9-13(15)19/h2-7,14,25H,1H3,(H,23,24);2*2-8,14,24H,1H3,(H,22,23);2-9,14,23H,1H3,(H,21,22). The summed E-state index contributed by atoms with van der Waals surface area (Å²) >= 11 is 11.5. The normalized spacial score (nSPS) is 14.7. The van der Waals surface area contributed by atoms with Crippen molar-refractivity contribution in [3.8, 4) is 0 Å². The smallest absolute Gasteiger partial charge is 0.341 e. The maximum absolute atomic E-state index is 14.1. The van der Waals surface area contributed by atoms with Crippen molar-refractivity contribution < 1.29 is 123 Å². The van der Waals surface area contributed by atoms with Crippen LogP contribution in [0.2, 0.25) is 10.0 Å². The summed E-state index contributed by atoms with van der Waals surface area (Å²) in [5.74, 6) is -32.2. The van der Waals surface area contributed by atoms with Crippen molar-refractivity contribution in [3.05, 3.63) is 283 Å². The summed E-state index contributed by atoms with van der Waals surface area (Å²) in [5.41, 5.74) is -17.2. The van der Waals surface area contributed by atoms with Crippen LogP contribution in [0, 0.1) is 58.2 Å². The van der Waals surface area contributed by atoms with Crippen molar-refractivity contribution in [3.63, 3.8) is 0 Å². The first-order chi connectivity index (χ1) is 44.8. The van der Waals surface area contributed by atoms with Gasteiger partial charge in [-0.15, -0.1) is 0 Å². The molecule has 8 rings (SSSR count). The molecule has 8 aromatic carbocycles. The highest BCUT2D eigenvalue weighted by molar-refractivity contribution is 6.30. The van der Waals surface area contributed by atoms with Crippen molar-refractivity contribution >= 4 is 70.2 Å². The summed E-state index contributed by atoms with van der Waals surface area (Å²) in [6.07, 6.45) is 0. The van der Waals surface area contributed by atoms with Gasteiger partial charge in [-0.2, -0.15) is 0 Å². The lowest BCUT2D eigenvalue weighted by Crippen LogP contribution is -2.46. The number of rotatable bonds is 20. The molecule has 0 aliphatic carbocycles. The minimum absolute atomic E-state index is 0.0232. The highest BCUT2D eigenvalue weighted by Gasteiger charge is 2.56. The molecule has 0 amide bonds. The number of benzene rings is 8. The Bertz CT molecular complexity index is 4160. The van der Waals surface area contributed by atoms with E-state index in [0.717, 1.165) is 64.1 Å². The van der Waals surface area contributed by atoms with E-state index in [2.05, 4.69) is 0 Å². The molecule has 504 valence electrons. The predicted molar refractivity (Wildman–Crippen MR) is 321 cm³/mol. The van der Waals surface area contributed by atoms with Gasteiger partial charge in [-0.1, -0.05) is 120 Å². The van der Waals surface area contributed by atoms with E-state index in [0.29, 0.717) is 5.02 Å². The van der Waals surface area contributed by atoms with Crippen molar-refractivity contribution in [2.24, 2.45) is 0 Å². The third-order valence-electron chi connectivity index (χ3n) is 14.7. The monoisotopic (exact) mass is 1380 g/mol. The lowest BCUT2D eigenvalue weighted by Gasteiger charge is -2.32. The maximum Gasteiger partial charge on any atom is 0.341 e. The number of aliphatic hydroxyl groups is 4. The van der Waals surface area contributed by atoms with Gasteiger partial charge in [-0.25, -0.2) is 63.1 Å². The van der Waals surface area contributed by atoms with Crippen molar-refractivity contribution in [2.45, 2.75) is 73.8 Å². The van der Waals surface area contributed by atoms with Crippen LogP contribution in [0.5, 0.6) is 0 Å². The van der Waals surface area contributed by atoms with Crippen LogP contribution in [-0.4, -0.2) is 87.9 Å². The predicted octanol–water partition coefficient (Wildman–Crippen LogP) is 12.0. The van der Waals surface area contributed by atoms with Crippen LogP contribution >= 0.6 is 23.2 Å². The van der Waals surface area contributed by atoms with Gasteiger partial charge in [0.2, 0.25) is 22.4 Å². The van der Waals surface area contributed by atoms with E-state index in [-0.39, 0.29) is 51.5 Å². The molecule has 0 spiro atoms. The van der Waals surface area contributed by atoms with Gasteiger partial charge < -0.3 is 40.9 Å². The number of Topliss-reactive ketones (excluding diaryl/α,β-unsaturated/α-hetero) is 4. The van der Waals surface area contributed by atoms with E-state index in [1.165, 1.54) is 97.1 Å². The number of halogens is 12. The molecule has 96 heavy (non-hydrogen) atoms. The van der Waals surface area contributed by atoms with Gasteiger partial charge in [0.05, 0.1) is 45.9 Å². The maximum atomic E-state index is 14.1. The molecule has 0 radical (unpaired) electrons. The second-order valence-electron chi connectivity index (χ2n) is 21.1. The van der Waals surface area contributed by atoms with Gasteiger partial charge in [-0.05, 0) is 98.5 Å². The summed E-state index contributed by atoms with van der Waals surface area (Å²) in [6.45, 7) is 4.05. The molecule has 16 nitrogen and oxygen atoms in total. The number of hydrogen-bond donors (Lipinski definition) is 8. The van der Waals surface area contributed by atoms with Crippen LogP contribution in [0.1, 0.15) is 95.9 Å². The highest BCUT2D eigenvalue weighted by atomic mass is 35.5. The molecule has 0 bridgehead atoms. The van der Waals surface area contributed by atoms with Gasteiger partial charge in [-0.3, -0.25) is 19.2 Å². The van der Waals surface area contributed by atoms with Crippen LogP contribution in [0.25, 0.3) is 0 Å². The summed E-state index contributed by atoms with van der Waals surface area (Å²) in [7, 11) is 0. The highest BCUT2D eigenvalue weighted by Crippen LogP contribution is 2.45. The van der Waals surface area contributed by atoms with Gasteiger partial charge in [0.15, 0.2) is 0 Å². The Morgan fingerprint density at radius 1 is 0.292 bits per heavy atom. The lowest BCUT2D eigenvalue weighted by atomic mass is 9.74. The molecule has 0 aromatic heterocycles. The van der Waals surface area contributed by atoms with E-state index >= 15 is 0 Å². The Labute approximate surface area is 547 Å². The molecule has 0 saturated heterocycles. The minimum atomic E-state index is -3.29. The van der Waals surface area contributed by atoms with Crippen LogP contribution in [0.4, 0.5) is 43.9 Å². The zero-order valence-corrected chi connectivity index (χ0v) is 51.4. The number of ketones is 4. The van der Waals surface area contributed by atoms with Crippen molar-refractivity contribution in [1.82, 2.24) is 0 Å². The fourth-order valence-corrected chi connectivity index (χ4v) is 11.0. The molecule has 0 aliphatic heterocycles. The second-order valence-corrected chi connectivity index (χ2v) is 21.9. The Balaban J connectivity index is 0.000000232. The van der Waals surface area contributed by atoms with E-state index < -0.39 is 174 Å². The average Bonchev–Trinajstić information content (AvgIpc) is 0.778. The van der Waals surface area contributed by atoms with Crippen LogP contribution in [0.3, 0.4) is 0 Å². The van der Waals surface area contributed by atoms with Gasteiger partial charge in [0.25, 0.3) is 0 Å². The number of carbonyl (C=O) groups is 8. The van der Waals surface area contributed by atoms with Crippen LogP contribution in [0.15, 0.2) is 170 Å². The van der Waals surface area contributed by atoms with Gasteiger partial charge >= 0.3 is 23.9 Å². The Hall–Kier alpha value is -9.96. The van der Waals surface area contributed by atoms with Gasteiger partial charge in [0, 0.05) is 34.3 Å². The lowest BCUT2D eigenvalue weighted by molar-refractivity contribution is -0.166. The van der Waals surface area contributed by atoms with E-state index in [1.807, 2.05) is 0 Å². The third kappa shape index (κ3) is 16.0. The summed E-state index contributed by atoms with van der Waals surface area (Å²) in [4.78, 5) is 95.1. The average molecular weight is 1390 g/mol. The molecule has 0 aliphatic rings. The first-order valence-corrected chi connectivity index (χ1v) is 28.2. The number of hydrogen-bond acceptors (Lipinski definition) is 12. The van der Waals surface area contributed by atoms with Crippen LogP contribution < -0.4 is 0 Å². The fraction of sp³-hybridized carbons (Fsp3) is 0.176. The first-order valence-electron chi connectivity index (χ1n) is 27.4. The van der Waals surface area contributed by atoms with Crippen molar-refractivity contribution in [1.29, 1.82) is 0 Å². The topological polar surface area (TPSA) is 298 Å². The molecule has 0 saturated carbocycles. The molecular formula is C68H52Cl2F10O16. The molecule has 8 N–H and O–H groups in total. The van der Waals surface area contributed by atoms with E-state index in [9.17, 15) is 123 Å². The van der Waals surface area contributed by atoms with Crippen molar-refractivity contribution in [2.75, 3.05) is 0 Å². The summed E-state index contributed by atoms with van der Waals surface area (Å²) in [6, 6.07) is 31.6. The van der Waals surface area contributed by atoms with E-state index in [4.69, 9.17) is 23.2 Å². The Kier molecular flexibility index (Phi) is 25.2. The largest absolute Gasteiger partial charge is 0.479 e. The summed E-state index contributed by atoms with van der Waals surface area (Å²) in [5, 5.41) is 81.3.